The smallest absolute Gasteiger partial charge is 0.0313 e. The van der Waals surface area contributed by atoms with E-state index in [2.05, 4.69) is 104 Å². The van der Waals surface area contributed by atoms with E-state index in [4.69, 9.17) is 0 Å². The first-order chi connectivity index (χ1) is 13.7. The molecule has 1 aromatic rings. The summed E-state index contributed by atoms with van der Waals surface area (Å²) in [6, 6.07) is 11.5. The molecule has 0 saturated carbocycles. The predicted octanol–water partition coefficient (Wildman–Crippen LogP) is 6.08. The normalized spacial score (nSPS) is 38.7. The number of rotatable bonds is 3. The molecular formula is C26H31NS. The molecule has 7 unspecified atom stereocenters. The molecule has 0 radical (unpaired) electrons. The Morgan fingerprint density at radius 2 is 1.79 bits per heavy atom. The topological polar surface area (TPSA) is 12.0 Å². The van der Waals surface area contributed by atoms with Crippen LogP contribution in [-0.2, 0) is 0 Å². The van der Waals surface area contributed by atoms with Crippen LogP contribution in [0.4, 0.5) is 0 Å². The average Bonchev–Trinajstić information content (AvgIpc) is 3.13. The summed E-state index contributed by atoms with van der Waals surface area (Å²) in [4.78, 5) is 0. The minimum absolute atomic E-state index is 0.568. The van der Waals surface area contributed by atoms with Crippen molar-refractivity contribution in [2.24, 2.45) is 29.6 Å². The number of nitrogens with one attached hydrogen (secondary N) is 1. The molecule has 2 heteroatoms. The molecule has 0 spiro atoms. The van der Waals surface area contributed by atoms with E-state index in [-0.39, 0.29) is 0 Å². The van der Waals surface area contributed by atoms with E-state index in [1.807, 2.05) is 0 Å². The van der Waals surface area contributed by atoms with E-state index in [0.717, 1.165) is 11.2 Å². The third-order valence-corrected chi connectivity index (χ3v) is 8.99. The lowest BCUT2D eigenvalue weighted by Gasteiger charge is -2.44. The van der Waals surface area contributed by atoms with Crippen molar-refractivity contribution in [1.29, 1.82) is 0 Å². The Labute approximate surface area is 174 Å². The highest BCUT2D eigenvalue weighted by molar-refractivity contribution is 8.01. The van der Waals surface area contributed by atoms with E-state index in [9.17, 15) is 0 Å². The second kappa shape index (κ2) is 7.63. The van der Waals surface area contributed by atoms with Gasteiger partial charge in [0.2, 0.25) is 0 Å². The SMILES string of the molecule is CC(C)C1NC=C(c2ccccc2)CC1C1CC=CC2C3C=CC=CC3SC21. The van der Waals surface area contributed by atoms with Crippen molar-refractivity contribution in [3.8, 4) is 0 Å². The van der Waals surface area contributed by atoms with Crippen molar-refractivity contribution in [3.63, 3.8) is 0 Å². The quantitative estimate of drug-likeness (QED) is 0.629. The van der Waals surface area contributed by atoms with Gasteiger partial charge in [-0.2, -0.15) is 0 Å². The monoisotopic (exact) mass is 389 g/mol. The minimum atomic E-state index is 0.568. The van der Waals surface area contributed by atoms with Gasteiger partial charge in [0.25, 0.3) is 0 Å². The van der Waals surface area contributed by atoms with Crippen LogP contribution in [0, 0.1) is 29.6 Å². The van der Waals surface area contributed by atoms with Gasteiger partial charge in [0.15, 0.2) is 0 Å². The first-order valence-corrected chi connectivity index (χ1v) is 11.8. The summed E-state index contributed by atoms with van der Waals surface area (Å²) >= 11 is 2.25. The standard InChI is InChI=1S/C26H31NS/c1-17(2)25-23(15-19(16-27-25)18-9-4-3-5-10-18)22-13-8-12-21-20-11-6-7-14-24(20)28-26(21)22/h3-12,14,16-17,20-27H,13,15H2,1-2H3. The van der Waals surface area contributed by atoms with Crippen molar-refractivity contribution in [3.05, 3.63) is 78.6 Å². The highest BCUT2D eigenvalue weighted by Crippen LogP contribution is 2.55. The van der Waals surface area contributed by atoms with Crippen LogP contribution in [0.2, 0.25) is 0 Å². The fourth-order valence-corrected chi connectivity index (χ4v) is 7.83. The molecule has 146 valence electrons. The molecular weight excluding hydrogens is 358 g/mol. The molecule has 5 rings (SSSR count). The number of hydrogen-bond acceptors (Lipinski definition) is 2. The van der Waals surface area contributed by atoms with Gasteiger partial charge in [-0.1, -0.05) is 80.6 Å². The van der Waals surface area contributed by atoms with E-state index in [1.165, 1.54) is 24.0 Å². The van der Waals surface area contributed by atoms with Gasteiger partial charge >= 0.3 is 0 Å². The summed E-state index contributed by atoms with van der Waals surface area (Å²) in [5.74, 6) is 3.49. The molecule has 1 saturated heterocycles. The third kappa shape index (κ3) is 3.20. The Balaban J connectivity index is 1.44. The third-order valence-electron chi connectivity index (χ3n) is 7.23. The maximum absolute atomic E-state index is 3.83. The maximum atomic E-state index is 3.83. The minimum Gasteiger partial charge on any atom is -0.387 e. The fourth-order valence-electron chi connectivity index (χ4n) is 5.87. The summed E-state index contributed by atoms with van der Waals surface area (Å²) in [7, 11) is 0. The van der Waals surface area contributed by atoms with E-state index < -0.39 is 0 Å². The summed E-state index contributed by atoms with van der Waals surface area (Å²) in [6.45, 7) is 4.77. The molecule has 4 aliphatic rings. The van der Waals surface area contributed by atoms with Gasteiger partial charge < -0.3 is 5.32 Å². The summed E-state index contributed by atoms with van der Waals surface area (Å²) in [6.07, 6.45) is 19.2. The van der Waals surface area contributed by atoms with Crippen molar-refractivity contribution in [1.82, 2.24) is 5.32 Å². The Kier molecular flexibility index (Phi) is 5.00. The average molecular weight is 390 g/mol. The molecule has 1 N–H and O–H groups in total. The summed E-state index contributed by atoms with van der Waals surface area (Å²) < 4.78 is 0. The molecule has 0 aromatic heterocycles. The molecule has 2 heterocycles. The highest BCUT2D eigenvalue weighted by Gasteiger charge is 2.49. The maximum Gasteiger partial charge on any atom is 0.0313 e. The van der Waals surface area contributed by atoms with Gasteiger partial charge in [-0.3, -0.25) is 0 Å². The van der Waals surface area contributed by atoms with Gasteiger partial charge in [0.1, 0.15) is 0 Å². The van der Waals surface area contributed by atoms with Gasteiger partial charge in [-0.05, 0) is 53.6 Å². The van der Waals surface area contributed by atoms with E-state index >= 15 is 0 Å². The first-order valence-electron chi connectivity index (χ1n) is 10.9. The molecule has 2 aliphatic heterocycles. The molecule has 2 aliphatic carbocycles. The van der Waals surface area contributed by atoms with Crippen LogP contribution in [0.3, 0.4) is 0 Å². The number of fused-ring (bicyclic) bond motifs is 3. The summed E-state index contributed by atoms with van der Waals surface area (Å²) in [5.41, 5.74) is 2.86. The zero-order chi connectivity index (χ0) is 19.1. The van der Waals surface area contributed by atoms with Gasteiger partial charge in [-0.25, -0.2) is 0 Å². The zero-order valence-electron chi connectivity index (χ0n) is 16.9. The van der Waals surface area contributed by atoms with Crippen LogP contribution in [0.5, 0.6) is 0 Å². The Hall–Kier alpha value is -1.67. The second-order valence-electron chi connectivity index (χ2n) is 9.16. The van der Waals surface area contributed by atoms with Crippen molar-refractivity contribution >= 4 is 17.3 Å². The highest BCUT2D eigenvalue weighted by atomic mass is 32.2. The lowest BCUT2D eigenvalue weighted by atomic mass is 9.67. The van der Waals surface area contributed by atoms with Gasteiger partial charge in [0.05, 0.1) is 0 Å². The molecule has 1 fully saturated rings. The Morgan fingerprint density at radius 1 is 0.964 bits per heavy atom. The largest absolute Gasteiger partial charge is 0.387 e. The van der Waals surface area contributed by atoms with Crippen LogP contribution in [0.25, 0.3) is 5.57 Å². The predicted molar refractivity (Wildman–Crippen MR) is 122 cm³/mol. The second-order valence-corrected chi connectivity index (χ2v) is 10.5. The van der Waals surface area contributed by atoms with Crippen LogP contribution < -0.4 is 5.32 Å². The van der Waals surface area contributed by atoms with Crippen molar-refractivity contribution in [2.75, 3.05) is 0 Å². The van der Waals surface area contributed by atoms with Crippen LogP contribution in [0.15, 0.2) is 73.0 Å². The number of hydrogen-bond donors (Lipinski definition) is 1. The van der Waals surface area contributed by atoms with Gasteiger partial charge in [-0.15, -0.1) is 11.8 Å². The molecule has 0 amide bonds. The van der Waals surface area contributed by atoms with Crippen LogP contribution in [-0.4, -0.2) is 16.5 Å². The summed E-state index contributed by atoms with van der Waals surface area (Å²) in [5, 5.41) is 5.25. The van der Waals surface area contributed by atoms with E-state index in [0.29, 0.717) is 35.0 Å². The van der Waals surface area contributed by atoms with E-state index in [1.54, 1.807) is 0 Å². The molecule has 7 atom stereocenters. The molecule has 0 bridgehead atoms. The lowest BCUT2D eigenvalue weighted by Crippen LogP contribution is -2.47. The molecule has 1 aromatic carbocycles. The zero-order valence-corrected chi connectivity index (χ0v) is 17.7. The fraction of sp³-hybridized carbons (Fsp3) is 0.462. The molecule has 28 heavy (non-hydrogen) atoms. The number of allylic oxidation sites excluding steroid dienone is 6. The van der Waals surface area contributed by atoms with Crippen molar-refractivity contribution < 1.29 is 0 Å². The van der Waals surface area contributed by atoms with Crippen LogP contribution >= 0.6 is 11.8 Å². The Morgan fingerprint density at radius 3 is 2.61 bits per heavy atom. The molecule has 1 nitrogen and oxygen atoms in total. The Bertz CT molecular complexity index is 818. The number of benzene rings is 1. The van der Waals surface area contributed by atoms with Crippen LogP contribution in [0.1, 0.15) is 32.3 Å². The van der Waals surface area contributed by atoms with Crippen molar-refractivity contribution in [2.45, 2.75) is 43.2 Å². The number of thioether (sulfide) groups is 1. The lowest BCUT2D eigenvalue weighted by molar-refractivity contribution is 0.190. The van der Waals surface area contributed by atoms with Gasteiger partial charge in [0, 0.05) is 22.7 Å². The first kappa shape index (κ1) is 18.4.